The first-order chi connectivity index (χ1) is 22.6. The number of hydrogen-bond acceptors (Lipinski definition) is 12. The number of pyridine rings is 1. The Morgan fingerprint density at radius 3 is 2.52 bits per heavy atom. The predicted octanol–water partition coefficient (Wildman–Crippen LogP) is 5.67. The van der Waals surface area contributed by atoms with Gasteiger partial charge in [0, 0.05) is 23.8 Å². The molecule has 11 nitrogen and oxygen atoms in total. The van der Waals surface area contributed by atoms with Crippen molar-refractivity contribution in [1.82, 2.24) is 19.9 Å². The van der Waals surface area contributed by atoms with Gasteiger partial charge in [-0.2, -0.15) is 4.98 Å². The fraction of sp³-hybridized carbons (Fsp3) is 0.500. The Hall–Kier alpha value is -3.60. The van der Waals surface area contributed by atoms with E-state index in [1.54, 1.807) is 33.0 Å². The highest BCUT2D eigenvalue weighted by Gasteiger charge is 2.43. The molecule has 4 aromatic rings. The molecular formula is C32H37F3N6O5S2. The summed E-state index contributed by atoms with van der Waals surface area (Å²) in [6.45, 7) is 6.85. The van der Waals surface area contributed by atoms with Crippen LogP contribution in [0.5, 0.6) is 5.75 Å². The van der Waals surface area contributed by atoms with Gasteiger partial charge in [-0.05, 0) is 69.4 Å². The molecule has 2 saturated carbocycles. The van der Waals surface area contributed by atoms with Crippen LogP contribution in [0.2, 0.25) is 0 Å². The number of thiazole rings is 1. The van der Waals surface area contributed by atoms with Gasteiger partial charge in [-0.1, -0.05) is 13.0 Å². The maximum atomic E-state index is 12.8. The van der Waals surface area contributed by atoms with Gasteiger partial charge in [0.15, 0.2) is 0 Å². The van der Waals surface area contributed by atoms with Crippen molar-refractivity contribution in [2.75, 3.05) is 22.1 Å². The summed E-state index contributed by atoms with van der Waals surface area (Å²) in [5, 5.41) is 29.0. The molecule has 0 saturated heterocycles. The molecule has 1 aromatic carbocycles. The van der Waals surface area contributed by atoms with Crippen molar-refractivity contribution in [3.05, 3.63) is 53.0 Å². The van der Waals surface area contributed by atoms with Crippen LogP contribution in [0.25, 0.3) is 20.8 Å². The van der Waals surface area contributed by atoms with E-state index in [1.165, 1.54) is 23.5 Å². The van der Waals surface area contributed by atoms with E-state index in [2.05, 4.69) is 20.4 Å². The Morgan fingerprint density at radius 1 is 1.10 bits per heavy atom. The van der Waals surface area contributed by atoms with E-state index in [-0.39, 0.29) is 29.6 Å². The Kier molecular flexibility index (Phi) is 9.30. The number of hydrogen-bond donors (Lipinski definition) is 4. The monoisotopic (exact) mass is 706 g/mol. The van der Waals surface area contributed by atoms with E-state index in [1.807, 2.05) is 13.0 Å². The summed E-state index contributed by atoms with van der Waals surface area (Å²) in [6.07, 6.45) is -3.25. The molecule has 2 aliphatic carbocycles. The first kappa shape index (κ1) is 34.3. The minimum absolute atomic E-state index is 0.0697. The van der Waals surface area contributed by atoms with Crippen LogP contribution in [0.15, 0.2) is 30.5 Å². The van der Waals surface area contributed by atoms with Gasteiger partial charge in [0.25, 0.3) is 0 Å². The molecule has 16 heteroatoms. The number of anilines is 2. The number of alkyl halides is 3. The number of aliphatic hydroxyl groups excluding tert-OH is 2. The van der Waals surface area contributed by atoms with E-state index in [0.717, 1.165) is 28.8 Å². The zero-order valence-corrected chi connectivity index (χ0v) is 28.4. The number of aromatic nitrogens is 4. The van der Waals surface area contributed by atoms with Crippen LogP contribution >= 0.6 is 11.3 Å². The van der Waals surface area contributed by atoms with Crippen molar-refractivity contribution in [3.8, 4) is 16.3 Å². The smallest absolute Gasteiger partial charge is 0.406 e. The molecule has 258 valence electrons. The third kappa shape index (κ3) is 7.36. The van der Waals surface area contributed by atoms with E-state index in [4.69, 9.17) is 15.0 Å². The number of aryl methyl sites for hydroxylation is 2. The summed E-state index contributed by atoms with van der Waals surface area (Å²) in [6, 6.07) is 4.85. The highest BCUT2D eigenvalue weighted by Crippen LogP contribution is 2.45. The molecule has 5 atom stereocenters. The third-order valence-corrected chi connectivity index (χ3v) is 11.8. The van der Waals surface area contributed by atoms with Gasteiger partial charge in [-0.3, -0.25) is 4.98 Å². The average Bonchev–Trinajstić information content (AvgIpc) is 3.70. The number of fused-ring (bicyclic) bond motifs is 1. The van der Waals surface area contributed by atoms with Crippen molar-refractivity contribution in [2.45, 2.75) is 83.5 Å². The second-order valence-corrected chi connectivity index (χ2v) is 16.0. The number of nitrogens with zero attached hydrogens (tertiary/aromatic N) is 4. The second kappa shape index (κ2) is 13.0. The predicted molar refractivity (Wildman–Crippen MR) is 177 cm³/mol. The SMILES string of the molecule is CCS(=O)(=O)C[C@H]1C[C@@H](Nc2nc(N[C@H](C)c3ccc(OC(F)(F)F)cc3C)nc(C)c2-c2nc3c(C4CC4)nccc3s2)[C@H](O)[C@@H]1O. The van der Waals surface area contributed by atoms with Gasteiger partial charge in [0.05, 0.1) is 45.6 Å². The van der Waals surface area contributed by atoms with Crippen LogP contribution in [0.3, 0.4) is 0 Å². The van der Waals surface area contributed by atoms with Crippen molar-refractivity contribution in [2.24, 2.45) is 5.92 Å². The fourth-order valence-electron chi connectivity index (χ4n) is 6.29. The minimum Gasteiger partial charge on any atom is -0.406 e. The average molecular weight is 707 g/mol. The molecule has 0 aliphatic heterocycles. The number of benzene rings is 1. The fourth-order valence-corrected chi connectivity index (χ4v) is 8.58. The van der Waals surface area contributed by atoms with E-state index in [9.17, 15) is 31.8 Å². The summed E-state index contributed by atoms with van der Waals surface area (Å²) in [4.78, 5) is 19.1. The Labute approximate surface area is 279 Å². The number of nitrogens with one attached hydrogen (secondary N) is 2. The number of aliphatic hydroxyl groups is 2. The number of sulfone groups is 1. The highest BCUT2D eigenvalue weighted by molar-refractivity contribution is 7.91. The maximum absolute atomic E-state index is 12.8. The zero-order valence-electron chi connectivity index (χ0n) is 26.7. The lowest BCUT2D eigenvalue weighted by Crippen LogP contribution is -2.36. The standard InChI is InChI=1S/C32H37F3N6O5S2/c1-5-48(44,45)14-19-13-22(28(43)27(19)42)39-29-24(30-40-26-23(47-30)10-11-36-25(26)18-6-7-18)17(4)38-31(41-29)37-16(3)21-9-8-20(12-15(21)2)46-32(33,34)35/h8-12,16,18-19,22,27-28,42-43H,5-7,13-14H2,1-4H3,(H2,37,38,39,41)/t16-,19-,22-,27-,28+/m1/s1. The molecule has 0 bridgehead atoms. The van der Waals surface area contributed by atoms with Gasteiger partial charge in [-0.15, -0.1) is 24.5 Å². The zero-order chi connectivity index (χ0) is 34.5. The van der Waals surface area contributed by atoms with Gasteiger partial charge < -0.3 is 25.6 Å². The molecular weight excluding hydrogens is 670 g/mol. The van der Waals surface area contributed by atoms with Crippen LogP contribution in [-0.2, 0) is 9.84 Å². The Balaban J connectivity index is 1.35. The first-order valence-corrected chi connectivity index (χ1v) is 18.4. The lowest BCUT2D eigenvalue weighted by Gasteiger charge is -2.22. The van der Waals surface area contributed by atoms with Crippen LogP contribution in [0.4, 0.5) is 24.9 Å². The van der Waals surface area contributed by atoms with Crippen molar-refractivity contribution in [1.29, 1.82) is 0 Å². The van der Waals surface area contributed by atoms with Crippen LogP contribution in [0.1, 0.15) is 67.6 Å². The normalized spacial score (nSPS) is 22.2. The Bertz CT molecular complexity index is 1940. The minimum atomic E-state index is -4.80. The Morgan fingerprint density at radius 2 is 1.85 bits per heavy atom. The van der Waals surface area contributed by atoms with Gasteiger partial charge >= 0.3 is 6.36 Å². The molecule has 6 rings (SSSR count). The summed E-state index contributed by atoms with van der Waals surface area (Å²) < 4.78 is 68.0. The highest BCUT2D eigenvalue weighted by atomic mass is 32.2. The van der Waals surface area contributed by atoms with E-state index in [0.29, 0.717) is 39.1 Å². The largest absolute Gasteiger partial charge is 0.573 e. The summed E-state index contributed by atoms with van der Waals surface area (Å²) in [7, 11) is -3.41. The molecule has 2 fully saturated rings. The van der Waals surface area contributed by atoms with Gasteiger partial charge in [0.2, 0.25) is 5.95 Å². The van der Waals surface area contributed by atoms with Crippen LogP contribution < -0.4 is 15.4 Å². The lowest BCUT2D eigenvalue weighted by atomic mass is 10.0. The number of halogens is 3. The molecule has 0 radical (unpaired) electrons. The molecule has 3 aromatic heterocycles. The van der Waals surface area contributed by atoms with Crippen molar-refractivity contribution in [3.63, 3.8) is 0 Å². The van der Waals surface area contributed by atoms with E-state index < -0.39 is 46.4 Å². The number of ether oxygens (including phenoxy) is 1. The molecule has 3 heterocycles. The third-order valence-electron chi connectivity index (χ3n) is 8.92. The second-order valence-electron chi connectivity index (χ2n) is 12.6. The topological polar surface area (TPSA) is 159 Å². The van der Waals surface area contributed by atoms with Crippen LogP contribution in [0, 0.1) is 19.8 Å². The molecule has 2 aliphatic rings. The van der Waals surface area contributed by atoms with E-state index >= 15 is 0 Å². The van der Waals surface area contributed by atoms with Gasteiger partial charge in [0.1, 0.15) is 38.0 Å². The van der Waals surface area contributed by atoms with Crippen molar-refractivity contribution >= 4 is 43.2 Å². The summed E-state index contributed by atoms with van der Waals surface area (Å²) in [5.41, 5.74) is 4.18. The molecule has 48 heavy (non-hydrogen) atoms. The lowest BCUT2D eigenvalue weighted by molar-refractivity contribution is -0.274. The maximum Gasteiger partial charge on any atom is 0.573 e. The molecule has 4 N–H and O–H groups in total. The number of rotatable bonds is 11. The summed E-state index contributed by atoms with van der Waals surface area (Å²) in [5.74, 6) is -0.402. The summed E-state index contributed by atoms with van der Waals surface area (Å²) >= 11 is 1.46. The molecule has 0 amide bonds. The van der Waals surface area contributed by atoms with Gasteiger partial charge in [-0.25, -0.2) is 18.4 Å². The molecule has 0 spiro atoms. The van der Waals surface area contributed by atoms with Crippen LogP contribution in [-0.4, -0.2) is 74.7 Å². The molecule has 0 unspecified atom stereocenters. The quantitative estimate of drug-likeness (QED) is 0.152. The first-order valence-electron chi connectivity index (χ1n) is 15.7. The van der Waals surface area contributed by atoms with Crippen molar-refractivity contribution < 1.29 is 36.5 Å².